The first-order valence-electron chi connectivity index (χ1n) is 5.15. The predicted octanol–water partition coefficient (Wildman–Crippen LogP) is 0.264. The highest BCUT2D eigenvalue weighted by atomic mass is 16.4. The summed E-state index contributed by atoms with van der Waals surface area (Å²) in [5.74, 6) is -0.877. The van der Waals surface area contributed by atoms with Crippen molar-refractivity contribution in [2.45, 2.75) is 32.2 Å². The zero-order chi connectivity index (χ0) is 12.8. The topological polar surface area (TPSA) is 89.9 Å². The smallest absolute Gasteiger partial charge is 0.317 e. The molecule has 0 heterocycles. The van der Waals surface area contributed by atoms with Gasteiger partial charge in [-0.25, -0.2) is 4.79 Å². The van der Waals surface area contributed by atoms with Crippen LogP contribution in [0.25, 0.3) is 0 Å². The Morgan fingerprint density at radius 2 is 1.94 bits per heavy atom. The number of aliphatic hydroxyl groups is 1. The van der Waals surface area contributed by atoms with Crippen molar-refractivity contribution in [1.82, 2.24) is 10.2 Å². The number of aliphatic hydroxyl groups excluding tert-OH is 1. The molecular formula is C10H20N2O4. The van der Waals surface area contributed by atoms with Crippen molar-refractivity contribution in [3.8, 4) is 0 Å². The molecule has 6 nitrogen and oxygen atoms in total. The van der Waals surface area contributed by atoms with Gasteiger partial charge in [0.1, 0.15) is 0 Å². The minimum Gasteiger partial charge on any atom is -0.481 e. The molecule has 0 bridgehead atoms. The molecule has 0 saturated heterocycles. The lowest BCUT2D eigenvalue weighted by molar-refractivity contribution is -0.137. The third-order valence-electron chi connectivity index (χ3n) is 2.44. The van der Waals surface area contributed by atoms with Crippen molar-refractivity contribution >= 4 is 12.0 Å². The zero-order valence-corrected chi connectivity index (χ0v) is 9.99. The molecule has 0 aliphatic carbocycles. The lowest BCUT2D eigenvalue weighted by Crippen LogP contribution is -2.51. The maximum atomic E-state index is 11.5. The maximum absolute atomic E-state index is 11.5. The Labute approximate surface area is 95.2 Å². The van der Waals surface area contributed by atoms with E-state index in [-0.39, 0.29) is 19.1 Å². The lowest BCUT2D eigenvalue weighted by Gasteiger charge is -2.33. The highest BCUT2D eigenvalue weighted by Crippen LogP contribution is 2.10. The van der Waals surface area contributed by atoms with E-state index >= 15 is 0 Å². The molecule has 0 saturated carbocycles. The van der Waals surface area contributed by atoms with Crippen LogP contribution in [-0.4, -0.2) is 52.9 Å². The summed E-state index contributed by atoms with van der Waals surface area (Å²) in [5.41, 5.74) is -0.628. The summed E-state index contributed by atoms with van der Waals surface area (Å²) in [7, 11) is 1.59. The van der Waals surface area contributed by atoms with Gasteiger partial charge in [0.2, 0.25) is 0 Å². The molecule has 0 unspecified atom stereocenters. The van der Waals surface area contributed by atoms with Crippen LogP contribution in [-0.2, 0) is 4.79 Å². The van der Waals surface area contributed by atoms with Crippen LogP contribution < -0.4 is 5.32 Å². The lowest BCUT2D eigenvalue weighted by atomic mass is 10.1. The second-order valence-electron chi connectivity index (χ2n) is 4.26. The molecule has 0 aromatic rings. The molecule has 16 heavy (non-hydrogen) atoms. The van der Waals surface area contributed by atoms with Crippen molar-refractivity contribution in [1.29, 1.82) is 0 Å². The molecule has 0 rings (SSSR count). The van der Waals surface area contributed by atoms with Crippen LogP contribution in [0, 0.1) is 0 Å². The third kappa shape index (κ3) is 4.97. The van der Waals surface area contributed by atoms with E-state index in [4.69, 9.17) is 10.2 Å². The second kappa shape index (κ2) is 6.32. The van der Waals surface area contributed by atoms with Gasteiger partial charge in [0.05, 0.1) is 12.1 Å². The fourth-order valence-corrected chi connectivity index (χ4v) is 0.934. The number of nitrogens with one attached hydrogen (secondary N) is 1. The van der Waals surface area contributed by atoms with Crippen LogP contribution in [0.15, 0.2) is 0 Å². The largest absolute Gasteiger partial charge is 0.481 e. The Balaban J connectivity index is 3.93. The number of hydrogen-bond donors (Lipinski definition) is 3. The molecule has 0 aromatic carbocycles. The van der Waals surface area contributed by atoms with Crippen molar-refractivity contribution in [3.63, 3.8) is 0 Å². The molecule has 0 spiro atoms. The SMILES string of the molecule is CN(C(=O)NCCCC(=O)O)C(C)(C)CO. The van der Waals surface area contributed by atoms with Crippen LogP contribution in [0.4, 0.5) is 4.79 Å². The number of likely N-dealkylation sites (N-methyl/N-ethyl adjacent to an activating group) is 1. The van der Waals surface area contributed by atoms with E-state index in [1.165, 1.54) is 4.90 Å². The van der Waals surface area contributed by atoms with Crippen molar-refractivity contribution in [3.05, 3.63) is 0 Å². The summed E-state index contributed by atoms with van der Waals surface area (Å²) in [6.07, 6.45) is 0.432. The van der Waals surface area contributed by atoms with Crippen LogP contribution in [0.3, 0.4) is 0 Å². The van der Waals surface area contributed by atoms with Gasteiger partial charge in [0.15, 0.2) is 0 Å². The number of urea groups is 1. The van der Waals surface area contributed by atoms with E-state index in [0.29, 0.717) is 13.0 Å². The number of nitrogens with zero attached hydrogens (tertiary/aromatic N) is 1. The Hall–Kier alpha value is -1.30. The number of amides is 2. The minimum absolute atomic E-state index is 0.0351. The Bertz CT molecular complexity index is 253. The van der Waals surface area contributed by atoms with Gasteiger partial charge >= 0.3 is 12.0 Å². The van der Waals surface area contributed by atoms with Gasteiger partial charge in [-0.1, -0.05) is 0 Å². The molecule has 0 atom stereocenters. The third-order valence-corrected chi connectivity index (χ3v) is 2.44. The van der Waals surface area contributed by atoms with Gasteiger partial charge in [0, 0.05) is 20.0 Å². The summed E-state index contributed by atoms with van der Waals surface area (Å²) >= 11 is 0. The van der Waals surface area contributed by atoms with Crippen LogP contribution in [0.2, 0.25) is 0 Å². The minimum atomic E-state index is -0.877. The fourth-order valence-electron chi connectivity index (χ4n) is 0.934. The average Bonchev–Trinajstić information content (AvgIpc) is 2.22. The van der Waals surface area contributed by atoms with E-state index < -0.39 is 11.5 Å². The van der Waals surface area contributed by atoms with Gasteiger partial charge in [-0.2, -0.15) is 0 Å². The second-order valence-corrected chi connectivity index (χ2v) is 4.26. The van der Waals surface area contributed by atoms with Gasteiger partial charge in [-0.3, -0.25) is 4.79 Å². The number of carboxylic acid groups (broad SMARTS) is 1. The quantitative estimate of drug-likeness (QED) is 0.573. The van der Waals surface area contributed by atoms with E-state index in [1.54, 1.807) is 20.9 Å². The number of rotatable bonds is 6. The van der Waals surface area contributed by atoms with Crippen molar-refractivity contribution < 1.29 is 19.8 Å². The molecule has 0 fully saturated rings. The monoisotopic (exact) mass is 232 g/mol. The molecule has 2 amide bonds. The number of carboxylic acids is 1. The molecule has 6 heteroatoms. The summed E-state index contributed by atoms with van der Waals surface area (Å²) in [6.45, 7) is 3.66. The number of carbonyl (C=O) groups excluding carboxylic acids is 1. The van der Waals surface area contributed by atoms with Crippen molar-refractivity contribution in [2.24, 2.45) is 0 Å². The fraction of sp³-hybridized carbons (Fsp3) is 0.800. The molecule has 0 aromatic heterocycles. The number of aliphatic carboxylic acids is 1. The van der Waals surface area contributed by atoms with E-state index in [2.05, 4.69) is 5.32 Å². The van der Waals surface area contributed by atoms with Crippen LogP contribution in [0.1, 0.15) is 26.7 Å². The average molecular weight is 232 g/mol. The van der Waals surface area contributed by atoms with Crippen LogP contribution >= 0.6 is 0 Å². The Morgan fingerprint density at radius 3 is 2.38 bits per heavy atom. The van der Waals surface area contributed by atoms with Gasteiger partial charge in [0.25, 0.3) is 0 Å². The molecule has 0 radical (unpaired) electrons. The molecule has 0 aliphatic rings. The molecule has 0 aliphatic heterocycles. The van der Waals surface area contributed by atoms with E-state index in [1.807, 2.05) is 0 Å². The maximum Gasteiger partial charge on any atom is 0.317 e. The highest BCUT2D eigenvalue weighted by Gasteiger charge is 2.26. The molecule has 3 N–H and O–H groups in total. The van der Waals surface area contributed by atoms with E-state index in [0.717, 1.165) is 0 Å². The molecular weight excluding hydrogens is 212 g/mol. The zero-order valence-electron chi connectivity index (χ0n) is 9.99. The van der Waals surface area contributed by atoms with Gasteiger partial charge in [-0.05, 0) is 20.3 Å². The summed E-state index contributed by atoms with van der Waals surface area (Å²) in [4.78, 5) is 23.2. The Kier molecular flexibility index (Phi) is 5.81. The first-order valence-corrected chi connectivity index (χ1v) is 5.15. The first kappa shape index (κ1) is 14.7. The normalized spacial score (nSPS) is 11.0. The molecule has 94 valence electrons. The van der Waals surface area contributed by atoms with Gasteiger partial charge < -0.3 is 20.4 Å². The number of carbonyl (C=O) groups is 2. The van der Waals surface area contributed by atoms with Crippen molar-refractivity contribution in [2.75, 3.05) is 20.2 Å². The van der Waals surface area contributed by atoms with Crippen LogP contribution in [0.5, 0.6) is 0 Å². The highest BCUT2D eigenvalue weighted by molar-refractivity contribution is 5.74. The van der Waals surface area contributed by atoms with Gasteiger partial charge in [-0.15, -0.1) is 0 Å². The summed E-state index contributed by atoms with van der Waals surface area (Å²) in [5, 5.41) is 20.0. The summed E-state index contributed by atoms with van der Waals surface area (Å²) < 4.78 is 0. The standard InChI is InChI=1S/C10H20N2O4/c1-10(2,7-13)12(3)9(16)11-6-4-5-8(14)15/h13H,4-7H2,1-3H3,(H,11,16)(H,14,15). The van der Waals surface area contributed by atoms with E-state index in [9.17, 15) is 9.59 Å². The predicted molar refractivity (Wildman–Crippen MR) is 59.2 cm³/mol. The first-order chi connectivity index (χ1) is 7.31. The number of hydrogen-bond acceptors (Lipinski definition) is 3. The Morgan fingerprint density at radius 1 is 1.38 bits per heavy atom. The summed E-state index contributed by atoms with van der Waals surface area (Å²) in [6, 6.07) is -0.315.